The van der Waals surface area contributed by atoms with E-state index in [1.165, 1.54) is 0 Å². The maximum atomic E-state index is 9.77. The first kappa shape index (κ1) is 11.5. The van der Waals surface area contributed by atoms with Crippen LogP contribution in [0.5, 0.6) is 5.75 Å². The van der Waals surface area contributed by atoms with Gasteiger partial charge in [-0.25, -0.2) is 0 Å². The number of aromatic nitrogens is 4. The summed E-state index contributed by atoms with van der Waals surface area (Å²) in [6.07, 6.45) is 0. The number of nitrogens with zero attached hydrogens (tertiary/aromatic N) is 3. The predicted octanol–water partition coefficient (Wildman–Crippen LogP) is 1.06. The lowest BCUT2D eigenvalue weighted by Gasteiger charge is -2.15. The molecule has 6 heteroatoms. The molecule has 3 N–H and O–H groups in total. The highest BCUT2D eigenvalue weighted by Gasteiger charge is 2.10. The van der Waals surface area contributed by atoms with Gasteiger partial charge in [-0.05, 0) is 19.9 Å². The maximum absolute atomic E-state index is 9.77. The summed E-state index contributed by atoms with van der Waals surface area (Å²) in [5.74, 6) is 0.896. The summed E-state index contributed by atoms with van der Waals surface area (Å²) in [5, 5.41) is 26.6. The molecule has 0 aliphatic carbocycles. The van der Waals surface area contributed by atoms with E-state index in [0.29, 0.717) is 18.1 Å². The zero-order chi connectivity index (χ0) is 12.3. The molecular formula is C11H15N5O. The molecule has 0 aliphatic rings. The van der Waals surface area contributed by atoms with Gasteiger partial charge in [0.25, 0.3) is 0 Å². The van der Waals surface area contributed by atoms with Crippen molar-refractivity contribution in [2.45, 2.75) is 26.4 Å². The van der Waals surface area contributed by atoms with Gasteiger partial charge >= 0.3 is 0 Å². The Labute approximate surface area is 99.1 Å². The van der Waals surface area contributed by atoms with E-state index in [1.807, 2.05) is 26.0 Å². The Morgan fingerprint density at radius 2 is 2.29 bits per heavy atom. The van der Waals surface area contributed by atoms with E-state index in [0.717, 1.165) is 11.1 Å². The minimum atomic E-state index is 0.0217. The summed E-state index contributed by atoms with van der Waals surface area (Å²) in [6, 6.07) is 5.57. The largest absolute Gasteiger partial charge is 0.508 e. The molecule has 1 heterocycles. The van der Waals surface area contributed by atoms with Gasteiger partial charge in [0.05, 0.1) is 6.54 Å². The quantitative estimate of drug-likeness (QED) is 0.735. The molecule has 1 aromatic heterocycles. The maximum Gasteiger partial charge on any atom is 0.188 e. The van der Waals surface area contributed by atoms with Crippen molar-refractivity contribution in [3.63, 3.8) is 0 Å². The highest BCUT2D eigenvalue weighted by molar-refractivity contribution is 5.37. The van der Waals surface area contributed by atoms with Crippen LogP contribution in [-0.2, 0) is 6.54 Å². The molecule has 0 spiro atoms. The predicted molar refractivity (Wildman–Crippen MR) is 62.3 cm³/mol. The van der Waals surface area contributed by atoms with E-state index in [4.69, 9.17) is 0 Å². The summed E-state index contributed by atoms with van der Waals surface area (Å²) in [4.78, 5) is 0. The minimum Gasteiger partial charge on any atom is -0.508 e. The van der Waals surface area contributed by atoms with Crippen LogP contribution in [0.3, 0.4) is 0 Å². The standard InChI is InChI=1S/C11H15N5O/c1-7-3-4-10(17)9(5-7)8(2)12-6-11-13-15-16-14-11/h3-5,8,12,17H,6H2,1-2H3,(H,13,14,15,16). The Balaban J connectivity index is 2.04. The van der Waals surface area contributed by atoms with Gasteiger partial charge in [0.1, 0.15) is 5.75 Å². The second-order valence-electron chi connectivity index (χ2n) is 3.99. The van der Waals surface area contributed by atoms with Crippen molar-refractivity contribution in [2.24, 2.45) is 0 Å². The first-order chi connectivity index (χ1) is 8.16. The van der Waals surface area contributed by atoms with Crippen molar-refractivity contribution in [1.29, 1.82) is 0 Å². The molecule has 0 bridgehead atoms. The van der Waals surface area contributed by atoms with E-state index < -0.39 is 0 Å². The summed E-state index contributed by atoms with van der Waals surface area (Å²) in [6.45, 7) is 4.48. The third kappa shape index (κ3) is 2.79. The molecule has 0 fully saturated rings. The van der Waals surface area contributed by atoms with Crippen LogP contribution in [0.25, 0.3) is 0 Å². The zero-order valence-electron chi connectivity index (χ0n) is 9.81. The van der Waals surface area contributed by atoms with Crippen LogP contribution in [0.15, 0.2) is 18.2 Å². The number of phenols is 1. The molecule has 0 aliphatic heterocycles. The molecule has 1 aromatic carbocycles. The van der Waals surface area contributed by atoms with Gasteiger partial charge in [0.2, 0.25) is 0 Å². The zero-order valence-corrected chi connectivity index (χ0v) is 9.81. The average molecular weight is 233 g/mol. The number of hydrogen-bond donors (Lipinski definition) is 3. The second kappa shape index (κ2) is 4.92. The van der Waals surface area contributed by atoms with Crippen LogP contribution in [0, 0.1) is 6.92 Å². The lowest BCUT2D eigenvalue weighted by molar-refractivity contribution is 0.451. The topological polar surface area (TPSA) is 86.7 Å². The van der Waals surface area contributed by atoms with Crippen molar-refractivity contribution in [1.82, 2.24) is 25.9 Å². The van der Waals surface area contributed by atoms with E-state index >= 15 is 0 Å². The average Bonchev–Trinajstić information content (AvgIpc) is 2.82. The Hall–Kier alpha value is -1.95. The number of hydrogen-bond acceptors (Lipinski definition) is 5. The van der Waals surface area contributed by atoms with E-state index in [2.05, 4.69) is 25.9 Å². The fourth-order valence-corrected chi connectivity index (χ4v) is 1.63. The van der Waals surface area contributed by atoms with Crippen LogP contribution >= 0.6 is 0 Å². The molecule has 17 heavy (non-hydrogen) atoms. The van der Waals surface area contributed by atoms with Crippen molar-refractivity contribution < 1.29 is 5.11 Å². The van der Waals surface area contributed by atoms with Crippen molar-refractivity contribution in [3.05, 3.63) is 35.2 Å². The molecule has 1 atom stereocenters. The monoisotopic (exact) mass is 233 g/mol. The molecule has 6 nitrogen and oxygen atoms in total. The minimum absolute atomic E-state index is 0.0217. The van der Waals surface area contributed by atoms with Crippen LogP contribution in [0.2, 0.25) is 0 Å². The normalized spacial score (nSPS) is 12.6. The highest BCUT2D eigenvalue weighted by Crippen LogP contribution is 2.24. The molecule has 0 amide bonds. The summed E-state index contributed by atoms with van der Waals surface area (Å²) >= 11 is 0. The number of phenolic OH excluding ortho intramolecular Hbond substituents is 1. The van der Waals surface area contributed by atoms with Gasteiger partial charge < -0.3 is 10.4 Å². The Morgan fingerprint density at radius 1 is 1.47 bits per heavy atom. The molecule has 0 saturated carbocycles. The number of H-pyrrole nitrogens is 1. The molecule has 0 saturated heterocycles. The fourth-order valence-electron chi connectivity index (χ4n) is 1.63. The summed E-state index contributed by atoms with van der Waals surface area (Å²) in [5.41, 5.74) is 1.99. The number of tetrazole rings is 1. The lowest BCUT2D eigenvalue weighted by Crippen LogP contribution is -2.19. The first-order valence-corrected chi connectivity index (χ1v) is 5.42. The third-order valence-electron chi connectivity index (χ3n) is 2.61. The van der Waals surface area contributed by atoms with Crippen LogP contribution in [-0.4, -0.2) is 25.7 Å². The molecule has 2 aromatic rings. The SMILES string of the molecule is Cc1ccc(O)c(C(C)NCc2nn[nH]n2)c1. The second-order valence-corrected chi connectivity index (χ2v) is 3.99. The van der Waals surface area contributed by atoms with Gasteiger partial charge in [0, 0.05) is 11.6 Å². The van der Waals surface area contributed by atoms with E-state index in [9.17, 15) is 5.11 Å². The molecule has 1 unspecified atom stereocenters. The summed E-state index contributed by atoms with van der Waals surface area (Å²) < 4.78 is 0. The molecule has 0 radical (unpaired) electrons. The Kier molecular flexibility index (Phi) is 3.34. The lowest BCUT2D eigenvalue weighted by atomic mass is 10.0. The molecule has 2 rings (SSSR count). The molecule has 90 valence electrons. The van der Waals surface area contributed by atoms with Crippen LogP contribution in [0.1, 0.15) is 29.9 Å². The first-order valence-electron chi connectivity index (χ1n) is 5.42. The van der Waals surface area contributed by atoms with Gasteiger partial charge in [-0.2, -0.15) is 5.21 Å². The van der Waals surface area contributed by atoms with Crippen molar-refractivity contribution >= 4 is 0 Å². The number of aromatic amines is 1. The van der Waals surface area contributed by atoms with Gasteiger partial charge in [-0.15, -0.1) is 10.2 Å². The summed E-state index contributed by atoms with van der Waals surface area (Å²) in [7, 11) is 0. The Morgan fingerprint density at radius 3 is 3.00 bits per heavy atom. The van der Waals surface area contributed by atoms with Crippen molar-refractivity contribution in [3.8, 4) is 5.75 Å². The van der Waals surface area contributed by atoms with Crippen LogP contribution < -0.4 is 5.32 Å². The van der Waals surface area contributed by atoms with Gasteiger partial charge in [-0.1, -0.05) is 22.9 Å². The number of aryl methyl sites for hydroxylation is 1. The number of nitrogens with one attached hydrogen (secondary N) is 2. The van der Waals surface area contributed by atoms with Crippen LogP contribution in [0.4, 0.5) is 0 Å². The smallest absolute Gasteiger partial charge is 0.188 e. The third-order valence-corrected chi connectivity index (χ3v) is 2.61. The Bertz CT molecular complexity index is 483. The van der Waals surface area contributed by atoms with Crippen molar-refractivity contribution in [2.75, 3.05) is 0 Å². The van der Waals surface area contributed by atoms with Gasteiger partial charge in [-0.3, -0.25) is 0 Å². The molecular weight excluding hydrogens is 218 g/mol. The number of benzene rings is 1. The van der Waals surface area contributed by atoms with Gasteiger partial charge in [0.15, 0.2) is 5.82 Å². The van der Waals surface area contributed by atoms with E-state index in [1.54, 1.807) is 6.07 Å². The fraction of sp³-hybridized carbons (Fsp3) is 0.364. The number of aromatic hydroxyl groups is 1. The highest BCUT2D eigenvalue weighted by atomic mass is 16.3. The number of rotatable bonds is 4. The van der Waals surface area contributed by atoms with E-state index in [-0.39, 0.29) is 6.04 Å².